The molecule has 0 fully saturated rings. The Morgan fingerprint density at radius 2 is 1.62 bits per heavy atom. The summed E-state index contributed by atoms with van der Waals surface area (Å²) in [5.74, 6) is 7.34. The highest BCUT2D eigenvalue weighted by Crippen LogP contribution is 2.42. The number of hydrogen-bond acceptors (Lipinski definition) is 8. The van der Waals surface area contributed by atoms with Gasteiger partial charge in [0, 0.05) is 60.0 Å². The van der Waals surface area contributed by atoms with Crippen molar-refractivity contribution in [2.24, 2.45) is 0 Å². The summed E-state index contributed by atoms with van der Waals surface area (Å²) in [6, 6.07) is 15.5. The van der Waals surface area contributed by atoms with Gasteiger partial charge in [0.2, 0.25) is 11.8 Å². The molecule has 8 nitrogen and oxygen atoms in total. The third kappa shape index (κ3) is 14.2. The Labute approximate surface area is 288 Å². The predicted octanol–water partition coefficient (Wildman–Crippen LogP) is 7.27. The molecule has 47 heavy (non-hydrogen) atoms. The molecule has 2 atom stereocenters. The first-order valence-electron chi connectivity index (χ1n) is 16.6. The van der Waals surface area contributed by atoms with Crippen molar-refractivity contribution in [3.63, 3.8) is 0 Å². The van der Waals surface area contributed by atoms with E-state index < -0.39 is 13.3 Å². The van der Waals surface area contributed by atoms with Crippen LogP contribution in [-0.4, -0.2) is 47.4 Å². The van der Waals surface area contributed by atoms with E-state index in [1.165, 1.54) is 0 Å². The smallest absolute Gasteiger partial charge is 0.227 e. The number of hydrogen-bond donors (Lipinski definition) is 1. The van der Waals surface area contributed by atoms with Crippen molar-refractivity contribution in [2.75, 3.05) is 23.8 Å². The molecule has 0 aromatic heterocycles. The highest BCUT2D eigenvalue weighted by atomic mass is 33.1. The molecular formula is C36H48N2O6PS2-. The Morgan fingerprint density at radius 1 is 0.915 bits per heavy atom. The van der Waals surface area contributed by atoms with Crippen LogP contribution in [0.2, 0.25) is 0 Å². The third-order valence-corrected chi connectivity index (χ3v) is 12.6. The zero-order valence-electron chi connectivity index (χ0n) is 27.8. The molecule has 2 aromatic rings. The molecule has 0 radical (unpaired) electrons. The number of ketones is 1. The van der Waals surface area contributed by atoms with E-state index in [1.54, 1.807) is 40.3 Å². The first kappa shape index (κ1) is 38.9. The van der Waals surface area contributed by atoms with Gasteiger partial charge in [-0.05, 0) is 49.4 Å². The van der Waals surface area contributed by atoms with Crippen molar-refractivity contribution in [3.05, 3.63) is 65.2 Å². The lowest BCUT2D eigenvalue weighted by Crippen LogP contribution is -2.32. The van der Waals surface area contributed by atoms with Crippen molar-refractivity contribution >= 4 is 52.5 Å². The molecule has 256 valence electrons. The number of unbranched alkanes of at least 4 members (excludes halogenated alkanes) is 3. The van der Waals surface area contributed by atoms with Crippen LogP contribution < -0.4 is 15.1 Å². The minimum Gasteiger partial charge on any atom is -0.778 e. The number of amides is 2. The maximum Gasteiger partial charge on any atom is 0.227 e. The average molecular weight is 700 g/mol. The van der Waals surface area contributed by atoms with Crippen LogP contribution in [-0.2, 0) is 30.0 Å². The molecule has 1 N–H and O–H groups in total. The standard InChI is InChI=1S/C36H49N2O6PS2/c1-28(2)45(42,43)44-25-11-5-4-10-24-37-35(40)22-18-29(3)47-46-26-12-16-33(39)21-23-36(41)38-27-32-15-7-6-13-30(32)19-20-31-14-8-9-17-34(31)38/h6-9,13-15,17,28-29H,4-5,10-12,16,18,21-27H2,1-3H3,(H,37,40)(H,42,43)/p-1. The molecule has 1 heterocycles. The van der Waals surface area contributed by atoms with E-state index >= 15 is 0 Å². The van der Waals surface area contributed by atoms with Gasteiger partial charge >= 0.3 is 0 Å². The molecule has 2 aromatic carbocycles. The molecular weight excluding hydrogens is 652 g/mol. The fourth-order valence-corrected chi connectivity index (χ4v) is 7.94. The summed E-state index contributed by atoms with van der Waals surface area (Å²) in [7, 11) is -0.271. The molecule has 0 saturated heterocycles. The number of Topliss-reactive ketones (excluding diaryl/α,β-unsaturated/α-hetero) is 1. The summed E-state index contributed by atoms with van der Waals surface area (Å²) in [5.41, 5.74) is 2.99. The van der Waals surface area contributed by atoms with E-state index in [-0.39, 0.29) is 37.0 Å². The van der Waals surface area contributed by atoms with Gasteiger partial charge in [-0.2, -0.15) is 0 Å². The van der Waals surface area contributed by atoms with Gasteiger partial charge in [0.1, 0.15) is 13.4 Å². The lowest BCUT2D eigenvalue weighted by molar-refractivity contribution is -0.200. The maximum atomic E-state index is 13.3. The molecule has 0 aliphatic carbocycles. The van der Waals surface area contributed by atoms with Crippen LogP contribution in [0.5, 0.6) is 0 Å². The number of anilines is 1. The number of carbonyl (C=O) groups excluding carboxylic acids is 3. The normalized spacial score (nSPS) is 14.1. The molecule has 3 rings (SSSR count). The van der Waals surface area contributed by atoms with Crippen LogP contribution in [0.25, 0.3) is 0 Å². The van der Waals surface area contributed by atoms with Gasteiger partial charge < -0.3 is 24.2 Å². The number of carbonyl (C=O) groups is 3. The summed E-state index contributed by atoms with van der Waals surface area (Å²) in [6.07, 6.45) is 6.18. The molecule has 1 aliphatic rings. The van der Waals surface area contributed by atoms with Crippen molar-refractivity contribution in [3.8, 4) is 11.8 Å². The Hall–Kier alpha value is -2.54. The Balaban J connectivity index is 1.23. The van der Waals surface area contributed by atoms with Crippen LogP contribution in [0.4, 0.5) is 5.69 Å². The predicted molar refractivity (Wildman–Crippen MR) is 192 cm³/mol. The summed E-state index contributed by atoms with van der Waals surface area (Å²) >= 11 is 0. The molecule has 0 saturated carbocycles. The minimum absolute atomic E-state index is 0.0477. The van der Waals surface area contributed by atoms with E-state index in [2.05, 4.69) is 24.1 Å². The highest BCUT2D eigenvalue weighted by Gasteiger charge is 2.22. The van der Waals surface area contributed by atoms with Gasteiger partial charge in [0.25, 0.3) is 0 Å². The highest BCUT2D eigenvalue weighted by molar-refractivity contribution is 8.76. The SMILES string of the molecule is CC(CCC(=O)NCCCCCCOP(=O)([O-])C(C)C)SSCCCC(=O)CCC(=O)N1Cc2ccccc2C#Cc2ccccc21. The van der Waals surface area contributed by atoms with Crippen LogP contribution in [0, 0.1) is 11.8 Å². The van der Waals surface area contributed by atoms with E-state index in [4.69, 9.17) is 4.52 Å². The van der Waals surface area contributed by atoms with Gasteiger partial charge in [0.15, 0.2) is 0 Å². The second-order valence-corrected chi connectivity index (χ2v) is 17.3. The topological polar surface area (TPSA) is 116 Å². The molecule has 1 aliphatic heterocycles. The maximum absolute atomic E-state index is 13.3. The zero-order valence-corrected chi connectivity index (χ0v) is 30.4. The third-order valence-electron chi connectivity index (χ3n) is 7.78. The Kier molecular flexibility index (Phi) is 17.2. The molecule has 0 spiro atoms. The number of nitrogens with zero attached hydrogens (tertiary/aromatic N) is 1. The van der Waals surface area contributed by atoms with Crippen molar-refractivity contribution in [1.29, 1.82) is 0 Å². The van der Waals surface area contributed by atoms with Crippen LogP contribution in [0.15, 0.2) is 48.5 Å². The van der Waals surface area contributed by atoms with E-state index in [9.17, 15) is 23.8 Å². The van der Waals surface area contributed by atoms with Gasteiger partial charge in [-0.15, -0.1) is 0 Å². The quantitative estimate of drug-likeness (QED) is 0.0627. The lowest BCUT2D eigenvalue weighted by atomic mass is 10.0. The second-order valence-electron chi connectivity index (χ2n) is 12.0. The van der Waals surface area contributed by atoms with Gasteiger partial charge in [-0.25, -0.2) is 0 Å². The first-order valence-corrected chi connectivity index (χ1v) is 20.6. The first-order chi connectivity index (χ1) is 22.6. The monoisotopic (exact) mass is 699 g/mol. The molecule has 0 bridgehead atoms. The van der Waals surface area contributed by atoms with Crippen molar-refractivity contribution in [1.82, 2.24) is 5.32 Å². The summed E-state index contributed by atoms with van der Waals surface area (Å²) < 4.78 is 16.6. The number of fused-ring (bicyclic) bond motifs is 2. The van der Waals surface area contributed by atoms with Gasteiger partial charge in [-0.3, -0.25) is 14.4 Å². The summed E-state index contributed by atoms with van der Waals surface area (Å²) in [6.45, 7) is 6.60. The van der Waals surface area contributed by atoms with Crippen molar-refractivity contribution in [2.45, 2.75) is 102 Å². The van der Waals surface area contributed by atoms with Gasteiger partial charge in [-0.1, -0.05) is 97.4 Å². The minimum atomic E-state index is -3.74. The summed E-state index contributed by atoms with van der Waals surface area (Å²) in [4.78, 5) is 51.5. The number of para-hydroxylation sites is 1. The molecule has 2 unspecified atom stereocenters. The lowest BCUT2D eigenvalue weighted by Gasteiger charge is -2.26. The number of rotatable bonds is 21. The number of benzene rings is 2. The largest absolute Gasteiger partial charge is 0.778 e. The fourth-order valence-electron chi connectivity index (χ4n) is 4.83. The van der Waals surface area contributed by atoms with Crippen LogP contribution in [0.1, 0.15) is 102 Å². The van der Waals surface area contributed by atoms with Gasteiger partial charge in [0.05, 0.1) is 18.8 Å². The second kappa shape index (κ2) is 20.7. The zero-order chi connectivity index (χ0) is 34.1. The molecule has 2 amide bonds. The van der Waals surface area contributed by atoms with E-state index in [1.807, 2.05) is 48.5 Å². The van der Waals surface area contributed by atoms with Crippen molar-refractivity contribution < 1.29 is 28.4 Å². The van der Waals surface area contributed by atoms with E-state index in [0.29, 0.717) is 37.6 Å². The van der Waals surface area contributed by atoms with E-state index in [0.717, 1.165) is 60.2 Å². The summed E-state index contributed by atoms with van der Waals surface area (Å²) in [5, 5.41) is 3.28. The van der Waals surface area contributed by atoms with Crippen LogP contribution in [0.3, 0.4) is 0 Å². The number of nitrogens with one attached hydrogen (secondary N) is 1. The average Bonchev–Trinajstić information content (AvgIpc) is 3.04. The Bertz CT molecular complexity index is 1440. The van der Waals surface area contributed by atoms with Crippen LogP contribution >= 0.6 is 29.2 Å². The Morgan fingerprint density at radius 3 is 2.40 bits per heavy atom. The fraction of sp³-hybridized carbons (Fsp3) is 0.528. The molecule has 11 heteroatoms.